The van der Waals surface area contributed by atoms with E-state index in [1.54, 1.807) is 23.9 Å². The predicted octanol–water partition coefficient (Wildman–Crippen LogP) is 5.61. The molecule has 0 saturated carbocycles. The van der Waals surface area contributed by atoms with Crippen LogP contribution >= 0.6 is 11.8 Å². The first-order valence-corrected chi connectivity index (χ1v) is 11.8. The van der Waals surface area contributed by atoms with E-state index >= 15 is 0 Å². The third-order valence-corrected chi connectivity index (χ3v) is 6.01. The Morgan fingerprint density at radius 3 is 2.45 bits per heavy atom. The Kier molecular flexibility index (Phi) is 9.24. The third-order valence-electron chi connectivity index (χ3n) is 4.89. The summed E-state index contributed by atoms with van der Waals surface area (Å²) >= 11 is 1.64. The van der Waals surface area contributed by atoms with Crippen LogP contribution in [0.15, 0.2) is 52.9 Å². The Labute approximate surface area is 187 Å². The number of aromatic nitrogens is 2. The van der Waals surface area contributed by atoms with Crippen LogP contribution in [0.3, 0.4) is 0 Å². The number of thioether (sulfide) groups is 1. The van der Waals surface area contributed by atoms with Crippen LogP contribution in [0.1, 0.15) is 55.7 Å². The molecule has 0 aliphatic carbocycles. The van der Waals surface area contributed by atoms with Gasteiger partial charge in [-0.15, -0.1) is 22.0 Å². The molecule has 0 spiro atoms. The highest BCUT2D eigenvalue weighted by molar-refractivity contribution is 7.99. The number of aliphatic hydroxyl groups excluding tert-OH is 1. The Hall–Kier alpha value is -2.51. The van der Waals surface area contributed by atoms with Gasteiger partial charge in [0, 0.05) is 17.7 Å². The van der Waals surface area contributed by atoms with Crippen LogP contribution in [-0.2, 0) is 0 Å². The summed E-state index contributed by atoms with van der Waals surface area (Å²) in [5.41, 5.74) is 1.59. The van der Waals surface area contributed by atoms with Crippen molar-refractivity contribution in [1.82, 2.24) is 10.2 Å². The van der Waals surface area contributed by atoms with Crippen LogP contribution in [0.4, 0.5) is 0 Å². The van der Waals surface area contributed by atoms with E-state index in [1.165, 1.54) is 0 Å². The standard InChI is InChI=1S/C24H30N2O4S/c1-2-31-22(20-10-6-7-11-21(20)28)24-26-25-23(30-24)18-12-14-19(15-13-18)29-17-9-5-3-4-8-16-27/h6-7,10-15,22,27-28H,2-5,8-9,16-17H2,1H3. The summed E-state index contributed by atoms with van der Waals surface area (Å²) in [5.74, 6) is 2.81. The molecule has 0 aliphatic rings. The molecule has 1 aromatic heterocycles. The number of ether oxygens (including phenoxy) is 1. The van der Waals surface area contributed by atoms with Gasteiger partial charge in [-0.1, -0.05) is 44.4 Å². The van der Waals surface area contributed by atoms with Crippen molar-refractivity contribution in [2.75, 3.05) is 19.0 Å². The summed E-state index contributed by atoms with van der Waals surface area (Å²) in [6.45, 7) is 3.01. The van der Waals surface area contributed by atoms with Crippen LogP contribution in [0.2, 0.25) is 0 Å². The molecular formula is C24H30N2O4S. The van der Waals surface area contributed by atoms with E-state index in [0.717, 1.165) is 54.7 Å². The van der Waals surface area contributed by atoms with Gasteiger partial charge in [0.05, 0.1) is 6.61 Å². The summed E-state index contributed by atoms with van der Waals surface area (Å²) < 4.78 is 11.8. The Morgan fingerprint density at radius 2 is 1.71 bits per heavy atom. The fraction of sp³-hybridized carbons (Fsp3) is 0.417. The lowest BCUT2D eigenvalue weighted by Crippen LogP contribution is -1.98. The number of nitrogens with zero attached hydrogens (tertiary/aromatic N) is 2. The number of phenolic OH excluding ortho intramolecular Hbond substituents is 1. The fourth-order valence-electron chi connectivity index (χ4n) is 3.26. The zero-order valence-electron chi connectivity index (χ0n) is 17.9. The largest absolute Gasteiger partial charge is 0.508 e. The normalized spacial score (nSPS) is 12.1. The molecule has 0 saturated heterocycles. The van der Waals surface area contributed by atoms with E-state index < -0.39 is 0 Å². The molecule has 0 fully saturated rings. The minimum absolute atomic E-state index is 0.215. The van der Waals surface area contributed by atoms with Crippen LogP contribution in [-0.4, -0.2) is 39.4 Å². The summed E-state index contributed by atoms with van der Waals surface area (Å²) in [7, 11) is 0. The number of phenols is 1. The topological polar surface area (TPSA) is 88.6 Å². The first-order chi connectivity index (χ1) is 15.2. The van der Waals surface area contributed by atoms with E-state index in [4.69, 9.17) is 14.3 Å². The quantitative estimate of drug-likeness (QED) is 0.333. The molecule has 2 N–H and O–H groups in total. The molecule has 2 aromatic carbocycles. The van der Waals surface area contributed by atoms with E-state index in [2.05, 4.69) is 17.1 Å². The van der Waals surface area contributed by atoms with Crippen molar-refractivity contribution in [3.63, 3.8) is 0 Å². The number of aromatic hydroxyl groups is 1. The van der Waals surface area contributed by atoms with Gasteiger partial charge in [-0.25, -0.2) is 0 Å². The zero-order chi connectivity index (χ0) is 21.9. The SMILES string of the molecule is CCSC(c1nnc(-c2ccc(OCCCCCCCO)cc2)o1)c1ccccc1O. The minimum Gasteiger partial charge on any atom is -0.508 e. The van der Waals surface area contributed by atoms with E-state index in [0.29, 0.717) is 18.4 Å². The summed E-state index contributed by atoms with van der Waals surface area (Å²) in [4.78, 5) is 0. The molecular weight excluding hydrogens is 412 g/mol. The van der Waals surface area contributed by atoms with Crippen molar-refractivity contribution in [3.05, 3.63) is 60.0 Å². The van der Waals surface area contributed by atoms with Crippen molar-refractivity contribution < 1.29 is 19.4 Å². The lowest BCUT2D eigenvalue weighted by molar-refractivity contribution is 0.278. The molecule has 1 atom stereocenters. The second-order valence-corrected chi connectivity index (χ2v) is 8.59. The van der Waals surface area contributed by atoms with Crippen LogP contribution in [0, 0.1) is 0 Å². The molecule has 3 aromatic rings. The molecule has 6 nitrogen and oxygen atoms in total. The third kappa shape index (κ3) is 6.74. The van der Waals surface area contributed by atoms with Gasteiger partial charge in [0.25, 0.3) is 0 Å². The number of rotatable bonds is 13. The van der Waals surface area contributed by atoms with E-state index in [1.807, 2.05) is 36.4 Å². The molecule has 31 heavy (non-hydrogen) atoms. The molecule has 0 radical (unpaired) electrons. The molecule has 7 heteroatoms. The molecule has 1 unspecified atom stereocenters. The lowest BCUT2D eigenvalue weighted by Gasteiger charge is -2.13. The number of hydrogen-bond acceptors (Lipinski definition) is 7. The maximum absolute atomic E-state index is 10.2. The van der Waals surface area contributed by atoms with Gasteiger partial charge < -0.3 is 19.4 Å². The molecule has 0 amide bonds. The van der Waals surface area contributed by atoms with Crippen molar-refractivity contribution in [1.29, 1.82) is 0 Å². The predicted molar refractivity (Wildman–Crippen MR) is 123 cm³/mol. The van der Waals surface area contributed by atoms with Gasteiger partial charge >= 0.3 is 0 Å². The number of unbranched alkanes of at least 4 members (excludes halogenated alkanes) is 4. The molecule has 1 heterocycles. The van der Waals surface area contributed by atoms with Crippen molar-refractivity contribution in [2.45, 2.75) is 44.3 Å². The lowest BCUT2D eigenvalue weighted by atomic mass is 10.1. The summed E-state index contributed by atoms with van der Waals surface area (Å²) in [6, 6.07) is 14.9. The van der Waals surface area contributed by atoms with Crippen LogP contribution < -0.4 is 4.74 Å². The van der Waals surface area contributed by atoms with E-state index in [9.17, 15) is 5.11 Å². The van der Waals surface area contributed by atoms with E-state index in [-0.39, 0.29) is 17.6 Å². The van der Waals surface area contributed by atoms with Gasteiger partial charge in [0.15, 0.2) is 0 Å². The average Bonchev–Trinajstić information content (AvgIpc) is 3.28. The molecule has 166 valence electrons. The number of hydrogen-bond donors (Lipinski definition) is 2. The zero-order valence-corrected chi connectivity index (χ0v) is 18.7. The number of para-hydroxylation sites is 1. The average molecular weight is 443 g/mol. The minimum atomic E-state index is -0.215. The first-order valence-electron chi connectivity index (χ1n) is 10.8. The highest BCUT2D eigenvalue weighted by Gasteiger charge is 2.23. The highest BCUT2D eigenvalue weighted by Crippen LogP contribution is 2.39. The van der Waals surface area contributed by atoms with Gasteiger partial charge in [0.2, 0.25) is 11.8 Å². The second kappa shape index (κ2) is 12.4. The summed E-state index contributed by atoms with van der Waals surface area (Å²) in [6.07, 6.45) is 5.18. The summed E-state index contributed by atoms with van der Waals surface area (Å²) in [5, 5.41) is 27.3. The molecule has 3 rings (SSSR count). The van der Waals surface area contributed by atoms with Gasteiger partial charge in [-0.05, 0) is 48.9 Å². The van der Waals surface area contributed by atoms with Crippen LogP contribution in [0.25, 0.3) is 11.5 Å². The Bertz CT molecular complexity index is 914. The Morgan fingerprint density at radius 1 is 0.968 bits per heavy atom. The fourth-order valence-corrected chi connectivity index (χ4v) is 4.21. The maximum Gasteiger partial charge on any atom is 0.247 e. The first kappa shape index (κ1) is 23.2. The van der Waals surface area contributed by atoms with Crippen molar-refractivity contribution >= 4 is 11.8 Å². The smallest absolute Gasteiger partial charge is 0.247 e. The monoisotopic (exact) mass is 442 g/mol. The highest BCUT2D eigenvalue weighted by atomic mass is 32.2. The van der Waals surface area contributed by atoms with Crippen molar-refractivity contribution in [3.8, 4) is 23.0 Å². The van der Waals surface area contributed by atoms with Crippen molar-refractivity contribution in [2.24, 2.45) is 0 Å². The Balaban J connectivity index is 1.59. The van der Waals surface area contributed by atoms with Crippen LogP contribution in [0.5, 0.6) is 11.5 Å². The number of aliphatic hydroxyl groups is 1. The molecule has 0 bridgehead atoms. The number of benzene rings is 2. The second-order valence-electron chi connectivity index (χ2n) is 7.20. The van der Waals surface area contributed by atoms with Gasteiger partial charge in [0.1, 0.15) is 16.7 Å². The van der Waals surface area contributed by atoms with Gasteiger partial charge in [-0.2, -0.15) is 0 Å². The van der Waals surface area contributed by atoms with Gasteiger partial charge in [-0.3, -0.25) is 0 Å². The maximum atomic E-state index is 10.2. The molecule has 0 aliphatic heterocycles.